The Kier molecular flexibility index (Phi) is 3.36. The van der Waals surface area contributed by atoms with Crippen molar-refractivity contribution in [1.29, 1.82) is 0 Å². The molecule has 2 rings (SSSR count). The quantitative estimate of drug-likeness (QED) is 0.696. The van der Waals surface area contributed by atoms with Crippen LogP contribution in [0.15, 0.2) is 6.33 Å². The Hall–Kier alpha value is -1.92. The molecule has 1 aliphatic rings. The van der Waals surface area contributed by atoms with Crippen molar-refractivity contribution in [2.24, 2.45) is 5.92 Å². The maximum absolute atomic E-state index is 11.7. The number of carboxylic acids is 1. The Morgan fingerprint density at radius 3 is 2.82 bits per heavy atom. The van der Waals surface area contributed by atoms with Crippen molar-refractivity contribution < 1.29 is 14.7 Å². The van der Waals surface area contributed by atoms with Gasteiger partial charge in [-0.25, -0.2) is 4.98 Å². The van der Waals surface area contributed by atoms with Gasteiger partial charge < -0.3 is 10.4 Å². The van der Waals surface area contributed by atoms with Gasteiger partial charge in [-0.2, -0.15) is 5.10 Å². The van der Waals surface area contributed by atoms with Crippen LogP contribution in [-0.2, 0) is 4.79 Å². The first-order valence-corrected chi connectivity index (χ1v) is 5.57. The van der Waals surface area contributed by atoms with Crippen molar-refractivity contribution in [2.75, 3.05) is 0 Å². The van der Waals surface area contributed by atoms with E-state index >= 15 is 0 Å². The lowest BCUT2D eigenvalue weighted by Crippen LogP contribution is -2.45. The zero-order chi connectivity index (χ0) is 12.3. The number of carbonyl (C=O) groups excluding carboxylic acids is 1. The summed E-state index contributed by atoms with van der Waals surface area (Å²) in [4.78, 5) is 26.5. The van der Waals surface area contributed by atoms with E-state index in [0.717, 1.165) is 12.8 Å². The fourth-order valence-corrected chi connectivity index (χ4v) is 2.15. The Labute approximate surface area is 97.6 Å². The fourth-order valence-electron chi connectivity index (χ4n) is 2.15. The lowest BCUT2D eigenvalue weighted by molar-refractivity contribution is -0.143. The highest BCUT2D eigenvalue weighted by Crippen LogP contribution is 2.24. The van der Waals surface area contributed by atoms with Gasteiger partial charge in [0.25, 0.3) is 5.91 Å². The molecule has 1 heterocycles. The second-order valence-corrected chi connectivity index (χ2v) is 4.14. The number of carboxylic acid groups (broad SMARTS) is 1. The van der Waals surface area contributed by atoms with Crippen molar-refractivity contribution in [2.45, 2.75) is 31.7 Å². The smallest absolute Gasteiger partial charge is 0.308 e. The van der Waals surface area contributed by atoms with Gasteiger partial charge in [0.2, 0.25) is 5.82 Å². The van der Waals surface area contributed by atoms with E-state index in [2.05, 4.69) is 20.5 Å². The Morgan fingerprint density at radius 2 is 2.18 bits per heavy atom. The lowest BCUT2D eigenvalue weighted by atomic mass is 9.84. The van der Waals surface area contributed by atoms with Crippen LogP contribution in [0.2, 0.25) is 0 Å². The number of rotatable bonds is 3. The van der Waals surface area contributed by atoms with Crippen LogP contribution in [0, 0.1) is 5.92 Å². The van der Waals surface area contributed by atoms with Crippen LogP contribution >= 0.6 is 0 Å². The van der Waals surface area contributed by atoms with E-state index in [1.807, 2.05) is 0 Å². The molecule has 1 saturated carbocycles. The second-order valence-electron chi connectivity index (χ2n) is 4.14. The van der Waals surface area contributed by atoms with Crippen molar-refractivity contribution in [1.82, 2.24) is 20.5 Å². The Morgan fingerprint density at radius 1 is 1.41 bits per heavy atom. The van der Waals surface area contributed by atoms with E-state index in [9.17, 15) is 9.59 Å². The molecule has 3 N–H and O–H groups in total. The topological polar surface area (TPSA) is 108 Å². The standard InChI is InChI=1S/C10H14N4O3/c15-9(8-11-5-12-14-8)13-7-4-2-1-3-6(7)10(16)17/h5-7H,1-4H2,(H,13,15)(H,16,17)(H,11,12,14). The Bertz CT molecular complexity index is 404. The number of carbonyl (C=O) groups is 2. The molecule has 7 nitrogen and oxygen atoms in total. The van der Waals surface area contributed by atoms with Gasteiger partial charge in [-0.1, -0.05) is 12.8 Å². The van der Waals surface area contributed by atoms with Crippen molar-refractivity contribution in [3.8, 4) is 0 Å². The minimum Gasteiger partial charge on any atom is -0.481 e. The molecule has 1 aromatic heterocycles. The minimum absolute atomic E-state index is 0.111. The summed E-state index contributed by atoms with van der Waals surface area (Å²) in [5.74, 6) is -1.65. The molecule has 1 amide bonds. The number of H-pyrrole nitrogens is 1. The molecular formula is C10H14N4O3. The lowest BCUT2D eigenvalue weighted by Gasteiger charge is -2.28. The maximum Gasteiger partial charge on any atom is 0.308 e. The predicted molar refractivity (Wildman–Crippen MR) is 57.2 cm³/mol. The van der Waals surface area contributed by atoms with Gasteiger partial charge in [0.15, 0.2) is 0 Å². The number of nitrogens with one attached hydrogen (secondary N) is 2. The zero-order valence-electron chi connectivity index (χ0n) is 9.22. The number of hydrogen-bond acceptors (Lipinski definition) is 4. The van der Waals surface area contributed by atoms with Gasteiger partial charge in [0.1, 0.15) is 6.33 Å². The van der Waals surface area contributed by atoms with E-state index < -0.39 is 17.8 Å². The molecule has 0 saturated heterocycles. The van der Waals surface area contributed by atoms with Gasteiger partial charge in [-0.3, -0.25) is 14.7 Å². The van der Waals surface area contributed by atoms with Crippen LogP contribution in [0.25, 0.3) is 0 Å². The first-order valence-electron chi connectivity index (χ1n) is 5.57. The summed E-state index contributed by atoms with van der Waals surface area (Å²) in [5, 5.41) is 17.8. The molecule has 1 fully saturated rings. The number of nitrogens with zero attached hydrogens (tertiary/aromatic N) is 2. The molecule has 2 atom stereocenters. The van der Waals surface area contributed by atoms with Gasteiger partial charge in [0, 0.05) is 6.04 Å². The summed E-state index contributed by atoms with van der Waals surface area (Å²) < 4.78 is 0. The number of hydrogen-bond donors (Lipinski definition) is 3. The summed E-state index contributed by atoms with van der Waals surface area (Å²) >= 11 is 0. The first-order chi connectivity index (χ1) is 8.18. The Balaban J connectivity index is 2.01. The van der Waals surface area contributed by atoms with Crippen LogP contribution in [-0.4, -0.2) is 38.2 Å². The zero-order valence-corrected chi connectivity index (χ0v) is 9.22. The van der Waals surface area contributed by atoms with Crippen LogP contribution in [0.5, 0.6) is 0 Å². The van der Waals surface area contributed by atoms with Crippen molar-refractivity contribution in [3.63, 3.8) is 0 Å². The monoisotopic (exact) mass is 238 g/mol. The average molecular weight is 238 g/mol. The summed E-state index contributed by atoms with van der Waals surface area (Å²) in [7, 11) is 0. The number of aromatic amines is 1. The minimum atomic E-state index is -0.854. The molecule has 0 bridgehead atoms. The highest BCUT2D eigenvalue weighted by atomic mass is 16.4. The van der Waals surface area contributed by atoms with E-state index in [0.29, 0.717) is 12.8 Å². The number of aliphatic carboxylic acids is 1. The molecule has 0 aliphatic heterocycles. The molecule has 0 spiro atoms. The molecule has 17 heavy (non-hydrogen) atoms. The molecule has 1 aliphatic carbocycles. The maximum atomic E-state index is 11.7. The summed E-state index contributed by atoms with van der Waals surface area (Å²) in [6.45, 7) is 0. The predicted octanol–water partition coefficient (Wildman–Crippen LogP) is 0.178. The largest absolute Gasteiger partial charge is 0.481 e. The van der Waals surface area contributed by atoms with Crippen LogP contribution in [0.3, 0.4) is 0 Å². The molecule has 0 aromatic carbocycles. The van der Waals surface area contributed by atoms with Gasteiger partial charge in [-0.15, -0.1) is 0 Å². The highest BCUT2D eigenvalue weighted by molar-refractivity contribution is 5.90. The fraction of sp³-hybridized carbons (Fsp3) is 0.600. The molecule has 0 radical (unpaired) electrons. The highest BCUT2D eigenvalue weighted by Gasteiger charge is 2.32. The van der Waals surface area contributed by atoms with E-state index in [1.54, 1.807) is 0 Å². The van der Waals surface area contributed by atoms with Crippen molar-refractivity contribution >= 4 is 11.9 Å². The SMILES string of the molecule is O=C(NC1CCCCC1C(=O)O)c1ncn[nH]1. The summed E-state index contributed by atoms with van der Waals surface area (Å²) in [6, 6.07) is -0.321. The third-order valence-electron chi connectivity index (χ3n) is 3.03. The molecule has 92 valence electrons. The first kappa shape index (κ1) is 11.6. The third kappa shape index (κ3) is 2.61. The summed E-state index contributed by atoms with van der Waals surface area (Å²) in [6.07, 6.45) is 4.37. The molecule has 2 unspecified atom stereocenters. The van der Waals surface area contributed by atoms with E-state index in [4.69, 9.17) is 5.11 Å². The van der Waals surface area contributed by atoms with Crippen LogP contribution < -0.4 is 5.32 Å². The van der Waals surface area contributed by atoms with Gasteiger partial charge in [-0.05, 0) is 12.8 Å². The second kappa shape index (κ2) is 4.94. The van der Waals surface area contributed by atoms with Crippen LogP contribution in [0.4, 0.5) is 0 Å². The normalized spacial score (nSPS) is 24.2. The van der Waals surface area contributed by atoms with E-state index in [1.165, 1.54) is 6.33 Å². The molecule has 7 heteroatoms. The number of aromatic nitrogens is 3. The summed E-state index contributed by atoms with van der Waals surface area (Å²) in [5.41, 5.74) is 0. The van der Waals surface area contributed by atoms with Crippen molar-refractivity contribution in [3.05, 3.63) is 12.2 Å². The van der Waals surface area contributed by atoms with Gasteiger partial charge in [0.05, 0.1) is 5.92 Å². The van der Waals surface area contributed by atoms with E-state index in [-0.39, 0.29) is 11.9 Å². The van der Waals surface area contributed by atoms with Gasteiger partial charge >= 0.3 is 5.97 Å². The molecule has 1 aromatic rings. The van der Waals surface area contributed by atoms with Crippen LogP contribution in [0.1, 0.15) is 36.3 Å². The molecular weight excluding hydrogens is 224 g/mol. The number of amides is 1. The third-order valence-corrected chi connectivity index (χ3v) is 3.03. The average Bonchev–Trinajstić information content (AvgIpc) is 2.83.